The maximum atomic E-state index is 5.87. The average Bonchev–Trinajstić information content (AvgIpc) is 1.51. The molecule has 0 saturated carbocycles. The standard InChI is InChI=1S/C86H56N6/c1-9-25-57(26-10-1)65-41-46-78-70(51-65)71-52-66(58-27-11-2-12-28-58)42-47-79(71)91(78)82-50-45-69(76-55-74(61-33-17-5-18-34-61)87-85(89-76)63-37-21-7-22-38-63)84(83(82)77-56-75(62-35-19-6-20-36-62)88-86(90-77)64-39-23-8-24-40-64)92-80-48-43-67(59-29-13-3-14-30-59)53-72(80)73-54-68(44-49-81(73)92)60-31-15-4-16-32-60/h1-56H. The van der Waals surface area contributed by atoms with Crippen LogP contribution in [-0.2, 0) is 0 Å². The third-order valence-corrected chi connectivity index (χ3v) is 17.8. The number of nitrogens with zero attached hydrogens (tertiary/aromatic N) is 6. The van der Waals surface area contributed by atoms with E-state index >= 15 is 0 Å². The van der Waals surface area contributed by atoms with Gasteiger partial charge in [0.1, 0.15) is 0 Å². The normalized spacial score (nSPS) is 11.5. The van der Waals surface area contributed by atoms with Gasteiger partial charge < -0.3 is 9.13 Å². The van der Waals surface area contributed by atoms with Gasteiger partial charge in [-0.25, -0.2) is 19.9 Å². The minimum atomic E-state index is 0.605. The Labute approximate surface area is 533 Å². The highest BCUT2D eigenvalue weighted by molar-refractivity contribution is 6.15. The van der Waals surface area contributed by atoms with E-state index in [1.165, 1.54) is 0 Å². The van der Waals surface area contributed by atoms with Gasteiger partial charge in [0.25, 0.3) is 0 Å². The van der Waals surface area contributed by atoms with Crippen molar-refractivity contribution < 1.29 is 0 Å². The average molecular weight is 1170 g/mol. The van der Waals surface area contributed by atoms with Crippen LogP contribution in [0.5, 0.6) is 0 Å². The summed E-state index contributed by atoms with van der Waals surface area (Å²) < 4.78 is 4.97. The third-order valence-electron chi connectivity index (χ3n) is 17.8. The van der Waals surface area contributed by atoms with Crippen molar-refractivity contribution in [2.24, 2.45) is 0 Å². The quantitative estimate of drug-likeness (QED) is 0.122. The summed E-state index contributed by atoms with van der Waals surface area (Å²) in [6.07, 6.45) is 0. The summed E-state index contributed by atoms with van der Waals surface area (Å²) in [6, 6.07) is 121. The molecule has 6 nitrogen and oxygen atoms in total. The SMILES string of the molecule is c1ccc(-c2ccc3c(c2)c2cc(-c4ccccc4)ccc2n3-c2ccc(-c3cc(-c4ccccc4)nc(-c4ccccc4)n3)c(-n3c4ccc(-c5ccccc5)cc4c4cc(-c5ccccc5)ccc43)c2-c2cc(-c3ccccc3)nc(-c3ccccc3)n2)cc1. The van der Waals surface area contributed by atoms with Crippen LogP contribution in [-0.4, -0.2) is 29.1 Å². The van der Waals surface area contributed by atoms with Gasteiger partial charge >= 0.3 is 0 Å². The molecule has 0 N–H and O–H groups in total. The van der Waals surface area contributed by atoms with E-state index in [4.69, 9.17) is 19.9 Å². The highest BCUT2D eigenvalue weighted by atomic mass is 15.0. The van der Waals surface area contributed by atoms with Crippen LogP contribution in [0.2, 0.25) is 0 Å². The van der Waals surface area contributed by atoms with E-state index in [1.807, 2.05) is 12.1 Å². The number of hydrogen-bond acceptors (Lipinski definition) is 4. The summed E-state index contributed by atoms with van der Waals surface area (Å²) in [5.41, 5.74) is 23.7. The summed E-state index contributed by atoms with van der Waals surface area (Å²) >= 11 is 0. The molecule has 0 amide bonds. The van der Waals surface area contributed by atoms with Crippen LogP contribution in [0.15, 0.2) is 340 Å². The Morgan fingerprint density at radius 1 is 0.196 bits per heavy atom. The second kappa shape index (κ2) is 23.0. The van der Waals surface area contributed by atoms with Crippen LogP contribution in [0.25, 0.3) is 167 Å². The Kier molecular flexibility index (Phi) is 13.4. The summed E-state index contributed by atoms with van der Waals surface area (Å²) in [7, 11) is 0. The lowest BCUT2D eigenvalue weighted by Gasteiger charge is -2.24. The third kappa shape index (κ3) is 9.71. The molecule has 0 aliphatic carbocycles. The zero-order chi connectivity index (χ0) is 60.9. The number of benzene rings is 13. The van der Waals surface area contributed by atoms with Gasteiger partial charge in [-0.1, -0.05) is 267 Å². The Morgan fingerprint density at radius 3 is 0.826 bits per heavy atom. The second-order valence-electron chi connectivity index (χ2n) is 23.3. The molecule has 13 aromatic carbocycles. The Morgan fingerprint density at radius 2 is 0.478 bits per heavy atom. The van der Waals surface area contributed by atoms with Crippen molar-refractivity contribution in [3.05, 3.63) is 340 Å². The van der Waals surface area contributed by atoms with E-state index in [1.54, 1.807) is 0 Å². The lowest BCUT2D eigenvalue weighted by molar-refractivity contribution is 1.11. The molecule has 0 aliphatic heterocycles. The summed E-state index contributed by atoms with van der Waals surface area (Å²) in [4.78, 5) is 22.4. The van der Waals surface area contributed by atoms with Crippen LogP contribution < -0.4 is 0 Å². The molecule has 17 aromatic rings. The smallest absolute Gasteiger partial charge is 0.160 e. The number of fused-ring (bicyclic) bond motifs is 6. The topological polar surface area (TPSA) is 61.4 Å². The lowest BCUT2D eigenvalue weighted by Crippen LogP contribution is -2.08. The van der Waals surface area contributed by atoms with Crippen molar-refractivity contribution >= 4 is 43.6 Å². The van der Waals surface area contributed by atoms with Crippen molar-refractivity contribution in [2.45, 2.75) is 0 Å². The van der Waals surface area contributed by atoms with Gasteiger partial charge in [0, 0.05) is 54.9 Å². The van der Waals surface area contributed by atoms with E-state index < -0.39 is 0 Å². The fourth-order valence-corrected chi connectivity index (χ4v) is 13.4. The van der Waals surface area contributed by atoms with Gasteiger partial charge in [0.15, 0.2) is 11.6 Å². The fourth-order valence-electron chi connectivity index (χ4n) is 13.4. The largest absolute Gasteiger partial charge is 0.308 e. The summed E-state index contributed by atoms with van der Waals surface area (Å²) in [5.74, 6) is 1.22. The number of aromatic nitrogens is 6. The molecular weight excluding hydrogens is 1120 g/mol. The van der Waals surface area contributed by atoms with Crippen molar-refractivity contribution in [3.8, 4) is 124 Å². The summed E-state index contributed by atoms with van der Waals surface area (Å²) in [6.45, 7) is 0. The van der Waals surface area contributed by atoms with E-state index in [2.05, 4.69) is 337 Å². The molecule has 4 heterocycles. The summed E-state index contributed by atoms with van der Waals surface area (Å²) in [5, 5.41) is 4.47. The van der Waals surface area contributed by atoms with E-state index in [-0.39, 0.29) is 0 Å². The van der Waals surface area contributed by atoms with Crippen LogP contribution in [0, 0.1) is 0 Å². The molecule has 430 valence electrons. The fraction of sp³-hybridized carbons (Fsp3) is 0. The zero-order valence-electron chi connectivity index (χ0n) is 50.0. The van der Waals surface area contributed by atoms with E-state index in [9.17, 15) is 0 Å². The lowest BCUT2D eigenvalue weighted by atomic mass is 9.96. The first kappa shape index (κ1) is 53.8. The van der Waals surface area contributed by atoms with Crippen LogP contribution in [0.4, 0.5) is 0 Å². The minimum absolute atomic E-state index is 0.605. The molecule has 17 rings (SSSR count). The van der Waals surface area contributed by atoms with Gasteiger partial charge in [0.2, 0.25) is 0 Å². The van der Waals surface area contributed by atoms with Gasteiger partial charge in [-0.3, -0.25) is 0 Å². The van der Waals surface area contributed by atoms with Crippen molar-refractivity contribution in [2.75, 3.05) is 0 Å². The molecule has 0 bridgehead atoms. The zero-order valence-corrected chi connectivity index (χ0v) is 50.0. The molecule has 0 radical (unpaired) electrons. The van der Waals surface area contributed by atoms with E-state index in [0.717, 1.165) is 156 Å². The Balaban J connectivity index is 1.07. The monoisotopic (exact) mass is 1170 g/mol. The van der Waals surface area contributed by atoms with E-state index in [0.29, 0.717) is 11.6 Å². The highest BCUT2D eigenvalue weighted by Crippen LogP contribution is 2.49. The molecule has 0 fully saturated rings. The maximum Gasteiger partial charge on any atom is 0.160 e. The molecule has 0 aliphatic rings. The number of hydrogen-bond donors (Lipinski definition) is 0. The predicted molar refractivity (Wildman–Crippen MR) is 381 cm³/mol. The van der Waals surface area contributed by atoms with Crippen LogP contribution in [0.3, 0.4) is 0 Å². The van der Waals surface area contributed by atoms with Crippen molar-refractivity contribution in [1.82, 2.24) is 29.1 Å². The molecule has 6 heteroatoms. The molecule has 4 aromatic heterocycles. The first-order chi connectivity index (χ1) is 45.6. The van der Waals surface area contributed by atoms with Gasteiger partial charge in [-0.15, -0.1) is 0 Å². The Hall–Kier alpha value is -12.4. The molecule has 0 unspecified atom stereocenters. The molecular formula is C86H56N6. The molecule has 0 atom stereocenters. The second-order valence-corrected chi connectivity index (χ2v) is 23.3. The minimum Gasteiger partial charge on any atom is -0.308 e. The maximum absolute atomic E-state index is 5.87. The van der Waals surface area contributed by atoms with Gasteiger partial charge in [-0.2, -0.15) is 0 Å². The molecule has 0 saturated heterocycles. The van der Waals surface area contributed by atoms with Gasteiger partial charge in [-0.05, 0) is 117 Å². The number of rotatable bonds is 12. The Bertz CT molecular complexity index is 5270. The van der Waals surface area contributed by atoms with Crippen LogP contribution in [0.1, 0.15) is 0 Å². The molecule has 92 heavy (non-hydrogen) atoms. The first-order valence-corrected chi connectivity index (χ1v) is 31.2. The van der Waals surface area contributed by atoms with Crippen LogP contribution >= 0.6 is 0 Å². The highest BCUT2D eigenvalue weighted by Gasteiger charge is 2.29. The molecule has 0 spiro atoms. The predicted octanol–water partition coefficient (Wildman–Crippen LogP) is 22.1. The van der Waals surface area contributed by atoms with Gasteiger partial charge in [0.05, 0.1) is 56.2 Å². The van der Waals surface area contributed by atoms with Crippen molar-refractivity contribution in [3.63, 3.8) is 0 Å². The first-order valence-electron chi connectivity index (χ1n) is 31.2. The van der Waals surface area contributed by atoms with Crippen molar-refractivity contribution in [1.29, 1.82) is 0 Å².